The molecule has 2 rings (SSSR count). The van der Waals surface area contributed by atoms with E-state index < -0.39 is 0 Å². The number of ether oxygens (including phenoxy) is 2. The van der Waals surface area contributed by atoms with Gasteiger partial charge in [-0.3, -0.25) is 4.79 Å². The van der Waals surface area contributed by atoms with Gasteiger partial charge in [-0.05, 0) is 12.8 Å². The maximum absolute atomic E-state index is 11.2. The van der Waals surface area contributed by atoms with E-state index in [9.17, 15) is 4.79 Å². The van der Waals surface area contributed by atoms with Crippen LogP contribution in [0.5, 0.6) is 0 Å². The molecule has 2 saturated heterocycles. The zero-order valence-electron chi connectivity index (χ0n) is 7.29. The van der Waals surface area contributed by atoms with Crippen molar-refractivity contribution in [2.45, 2.75) is 32.0 Å². The molecule has 2 aliphatic rings. The van der Waals surface area contributed by atoms with Crippen molar-refractivity contribution >= 4 is 5.78 Å². The number of rotatable bonds is 0. The first-order valence-electron chi connectivity index (χ1n) is 4.55. The summed E-state index contributed by atoms with van der Waals surface area (Å²) < 4.78 is 10.9. The van der Waals surface area contributed by atoms with Crippen LogP contribution in [0.2, 0.25) is 0 Å². The van der Waals surface area contributed by atoms with Gasteiger partial charge in [0.15, 0.2) is 5.78 Å². The standard InChI is InChI=1S/C9H14O3/c1-6-7(10)5-12-8-3-2-4-11-9(6)8/h6,8-9H,2-5H2,1H3/t6-,8+,9+/m0/s1. The molecule has 12 heavy (non-hydrogen) atoms. The van der Waals surface area contributed by atoms with Gasteiger partial charge >= 0.3 is 0 Å². The lowest BCUT2D eigenvalue weighted by atomic mass is 9.89. The second kappa shape index (κ2) is 3.15. The Morgan fingerprint density at radius 2 is 2.25 bits per heavy atom. The van der Waals surface area contributed by atoms with Crippen LogP contribution in [0, 0.1) is 5.92 Å². The van der Waals surface area contributed by atoms with Crippen LogP contribution in [0.25, 0.3) is 0 Å². The van der Waals surface area contributed by atoms with E-state index in [-0.39, 0.29) is 30.5 Å². The van der Waals surface area contributed by atoms with Gasteiger partial charge in [0.2, 0.25) is 0 Å². The Hall–Kier alpha value is -0.410. The van der Waals surface area contributed by atoms with Crippen molar-refractivity contribution in [2.75, 3.05) is 13.2 Å². The molecule has 3 atom stereocenters. The number of hydrogen-bond acceptors (Lipinski definition) is 3. The zero-order chi connectivity index (χ0) is 8.55. The van der Waals surface area contributed by atoms with Gasteiger partial charge in [0, 0.05) is 12.5 Å². The summed E-state index contributed by atoms with van der Waals surface area (Å²) in [5.41, 5.74) is 0. The van der Waals surface area contributed by atoms with Crippen LogP contribution in [0.4, 0.5) is 0 Å². The molecule has 0 amide bonds. The van der Waals surface area contributed by atoms with Crippen LogP contribution in [0.1, 0.15) is 19.8 Å². The number of hydrogen-bond donors (Lipinski definition) is 0. The zero-order valence-corrected chi connectivity index (χ0v) is 7.29. The minimum atomic E-state index is 0.0278. The van der Waals surface area contributed by atoms with E-state index >= 15 is 0 Å². The highest BCUT2D eigenvalue weighted by Crippen LogP contribution is 2.27. The van der Waals surface area contributed by atoms with Crippen molar-refractivity contribution in [2.24, 2.45) is 5.92 Å². The predicted octanol–water partition coefficient (Wildman–Crippen LogP) is 0.769. The summed E-state index contributed by atoms with van der Waals surface area (Å²) in [6.07, 6.45) is 2.30. The Labute approximate surface area is 72.0 Å². The molecule has 0 N–H and O–H groups in total. The third-order valence-electron chi connectivity index (χ3n) is 2.75. The third-order valence-corrected chi connectivity index (χ3v) is 2.75. The molecule has 0 spiro atoms. The van der Waals surface area contributed by atoms with Crippen molar-refractivity contribution in [3.63, 3.8) is 0 Å². The summed E-state index contributed by atoms with van der Waals surface area (Å²) in [6, 6.07) is 0. The van der Waals surface area contributed by atoms with Gasteiger partial charge < -0.3 is 9.47 Å². The molecule has 3 heteroatoms. The fourth-order valence-electron chi connectivity index (χ4n) is 1.92. The highest BCUT2D eigenvalue weighted by atomic mass is 16.5. The number of carbonyl (C=O) groups excluding carboxylic acids is 1. The molecule has 0 radical (unpaired) electrons. The van der Waals surface area contributed by atoms with Crippen LogP contribution in [-0.4, -0.2) is 31.2 Å². The van der Waals surface area contributed by atoms with E-state index in [1.54, 1.807) is 0 Å². The van der Waals surface area contributed by atoms with Gasteiger partial charge in [-0.2, -0.15) is 0 Å². The monoisotopic (exact) mass is 170 g/mol. The molecule has 68 valence electrons. The molecular formula is C9H14O3. The van der Waals surface area contributed by atoms with E-state index in [4.69, 9.17) is 9.47 Å². The van der Waals surface area contributed by atoms with Crippen LogP contribution in [0.3, 0.4) is 0 Å². The Bertz CT molecular complexity index is 190. The lowest BCUT2D eigenvalue weighted by Crippen LogP contribution is -2.49. The van der Waals surface area contributed by atoms with Crippen LogP contribution in [0.15, 0.2) is 0 Å². The summed E-state index contributed by atoms with van der Waals surface area (Å²) in [4.78, 5) is 11.2. The van der Waals surface area contributed by atoms with Gasteiger partial charge in [0.25, 0.3) is 0 Å². The minimum Gasteiger partial charge on any atom is -0.375 e. The summed E-state index contributed by atoms with van der Waals surface area (Å²) in [5.74, 6) is 0.210. The lowest BCUT2D eigenvalue weighted by Gasteiger charge is -2.38. The third kappa shape index (κ3) is 1.27. The van der Waals surface area contributed by atoms with Gasteiger partial charge in [0.05, 0.1) is 12.2 Å². The summed E-state index contributed by atoms with van der Waals surface area (Å²) in [6.45, 7) is 3.00. The van der Waals surface area contributed by atoms with Crippen molar-refractivity contribution in [3.05, 3.63) is 0 Å². The first-order valence-corrected chi connectivity index (χ1v) is 4.55. The molecule has 3 nitrogen and oxygen atoms in total. The largest absolute Gasteiger partial charge is 0.375 e. The summed E-state index contributed by atoms with van der Waals surface area (Å²) in [7, 11) is 0. The molecule has 0 aliphatic carbocycles. The summed E-state index contributed by atoms with van der Waals surface area (Å²) in [5, 5.41) is 0. The molecule has 0 aromatic carbocycles. The average Bonchev–Trinajstić information content (AvgIpc) is 2.12. The number of carbonyl (C=O) groups is 1. The lowest BCUT2D eigenvalue weighted by molar-refractivity contribution is -0.172. The van der Waals surface area contributed by atoms with E-state index in [0.717, 1.165) is 19.4 Å². The molecule has 0 unspecified atom stereocenters. The van der Waals surface area contributed by atoms with E-state index in [1.807, 2.05) is 6.92 Å². The van der Waals surface area contributed by atoms with Gasteiger partial charge in [-0.1, -0.05) is 6.92 Å². The van der Waals surface area contributed by atoms with Gasteiger partial charge in [-0.25, -0.2) is 0 Å². The average molecular weight is 170 g/mol. The maximum atomic E-state index is 11.2. The maximum Gasteiger partial charge on any atom is 0.163 e. The Morgan fingerprint density at radius 3 is 3.08 bits per heavy atom. The second-order valence-electron chi connectivity index (χ2n) is 3.58. The van der Waals surface area contributed by atoms with Gasteiger partial charge in [0.1, 0.15) is 6.61 Å². The summed E-state index contributed by atoms with van der Waals surface area (Å²) >= 11 is 0. The molecule has 0 saturated carbocycles. The molecule has 0 bridgehead atoms. The molecular weight excluding hydrogens is 156 g/mol. The quantitative estimate of drug-likeness (QED) is 0.538. The Morgan fingerprint density at radius 1 is 1.42 bits per heavy atom. The van der Waals surface area contributed by atoms with Crippen molar-refractivity contribution in [1.82, 2.24) is 0 Å². The van der Waals surface area contributed by atoms with E-state index in [0.29, 0.717) is 0 Å². The molecule has 0 aromatic heterocycles. The molecule has 2 aliphatic heterocycles. The van der Waals surface area contributed by atoms with Crippen LogP contribution in [-0.2, 0) is 14.3 Å². The second-order valence-corrected chi connectivity index (χ2v) is 3.58. The topological polar surface area (TPSA) is 35.5 Å². The number of fused-ring (bicyclic) bond motifs is 1. The van der Waals surface area contributed by atoms with E-state index in [2.05, 4.69) is 0 Å². The van der Waals surface area contributed by atoms with Gasteiger partial charge in [-0.15, -0.1) is 0 Å². The fraction of sp³-hybridized carbons (Fsp3) is 0.889. The molecule has 0 aromatic rings. The van der Waals surface area contributed by atoms with E-state index in [1.165, 1.54) is 0 Å². The normalized spacial score (nSPS) is 42.4. The first kappa shape index (κ1) is 8.20. The van der Waals surface area contributed by atoms with Crippen LogP contribution >= 0.6 is 0 Å². The van der Waals surface area contributed by atoms with Crippen LogP contribution < -0.4 is 0 Å². The van der Waals surface area contributed by atoms with Crippen molar-refractivity contribution in [1.29, 1.82) is 0 Å². The highest BCUT2D eigenvalue weighted by Gasteiger charge is 2.38. The Balaban J connectivity index is 2.08. The first-order chi connectivity index (χ1) is 5.79. The smallest absolute Gasteiger partial charge is 0.163 e. The number of Topliss-reactive ketones (excluding diaryl/α,β-unsaturated/α-hetero) is 1. The SMILES string of the molecule is C[C@H]1C(=O)CO[C@@H]2CCCO[C@@H]21. The van der Waals surface area contributed by atoms with Crippen molar-refractivity contribution in [3.8, 4) is 0 Å². The molecule has 2 heterocycles. The Kier molecular flexibility index (Phi) is 2.15. The highest BCUT2D eigenvalue weighted by molar-refractivity contribution is 5.83. The minimum absolute atomic E-state index is 0.0278. The van der Waals surface area contributed by atoms with Crippen molar-refractivity contribution < 1.29 is 14.3 Å². The molecule has 2 fully saturated rings. The fourth-order valence-corrected chi connectivity index (χ4v) is 1.92. The predicted molar refractivity (Wildman–Crippen MR) is 42.9 cm³/mol. The number of ketones is 1.